The molecule has 0 atom stereocenters. The van der Waals surface area contributed by atoms with Crippen LogP contribution in [-0.2, 0) is 0 Å². The molecule has 0 saturated carbocycles. The monoisotopic (exact) mass is 255 g/mol. The van der Waals surface area contributed by atoms with Crippen molar-refractivity contribution in [2.45, 2.75) is 13.8 Å². The number of hydrogen-bond donors (Lipinski definition) is 1. The lowest BCUT2D eigenvalue weighted by Gasteiger charge is -1.97. The predicted octanol–water partition coefficient (Wildman–Crippen LogP) is 2.51. The van der Waals surface area contributed by atoms with Crippen LogP contribution in [0, 0.1) is 10.1 Å². The van der Waals surface area contributed by atoms with Crippen molar-refractivity contribution in [3.63, 3.8) is 0 Å². The molecule has 2 aromatic rings. The minimum Gasteiger partial charge on any atom is -0.313 e. The first-order valence-corrected chi connectivity index (χ1v) is 5.29. The molecule has 1 aromatic heterocycles. The van der Waals surface area contributed by atoms with Crippen LogP contribution in [0.2, 0.25) is 5.02 Å². The maximum absolute atomic E-state index is 11.3. The second-order valence-electron chi connectivity index (χ2n) is 2.81. The van der Waals surface area contributed by atoms with Gasteiger partial charge in [0.05, 0.1) is 22.2 Å². The molecule has 0 aliphatic rings. The van der Waals surface area contributed by atoms with Crippen LogP contribution in [0.25, 0.3) is 10.9 Å². The highest BCUT2D eigenvalue weighted by Gasteiger charge is 2.14. The molecule has 7 heteroatoms. The summed E-state index contributed by atoms with van der Waals surface area (Å²) in [7, 11) is 0. The summed E-state index contributed by atoms with van der Waals surface area (Å²) in [5, 5.41) is 10.7. The van der Waals surface area contributed by atoms with Gasteiger partial charge in [0.2, 0.25) is 0 Å². The second-order valence-corrected chi connectivity index (χ2v) is 3.22. The number of benzene rings is 1. The van der Waals surface area contributed by atoms with E-state index in [0.29, 0.717) is 0 Å². The Morgan fingerprint density at radius 2 is 2.06 bits per heavy atom. The Balaban J connectivity index is 0.000000686. The van der Waals surface area contributed by atoms with Crippen molar-refractivity contribution in [1.82, 2.24) is 9.97 Å². The zero-order chi connectivity index (χ0) is 13.0. The van der Waals surface area contributed by atoms with Gasteiger partial charge in [-0.1, -0.05) is 25.4 Å². The molecular formula is C10H10ClN3O3. The zero-order valence-corrected chi connectivity index (χ0v) is 9.99. The molecule has 1 N–H and O–H groups in total. The van der Waals surface area contributed by atoms with Gasteiger partial charge in [-0.05, 0) is 6.07 Å². The van der Waals surface area contributed by atoms with Crippen molar-refractivity contribution >= 4 is 28.2 Å². The Labute approximate surface area is 101 Å². The number of nitrogens with one attached hydrogen (secondary N) is 1. The van der Waals surface area contributed by atoms with Crippen LogP contribution in [0.3, 0.4) is 0 Å². The standard InChI is InChI=1S/C8H4ClN3O3.C2H6/c9-5-1-4-6(2-7(5)12(14)15)10-3-11-8(4)13;1-2/h1-3H,(H,10,11,13);1-2H3. The summed E-state index contributed by atoms with van der Waals surface area (Å²) < 4.78 is 0. The number of aromatic amines is 1. The number of nitro benzene ring substituents is 1. The van der Waals surface area contributed by atoms with Crippen LogP contribution in [0.1, 0.15) is 13.8 Å². The Bertz CT molecular complexity index is 609. The van der Waals surface area contributed by atoms with Gasteiger partial charge in [0.15, 0.2) is 0 Å². The molecule has 1 heterocycles. The van der Waals surface area contributed by atoms with E-state index in [-0.39, 0.29) is 27.2 Å². The third-order valence-corrected chi connectivity index (χ3v) is 2.21. The van der Waals surface area contributed by atoms with Crippen molar-refractivity contribution in [2.75, 3.05) is 0 Å². The van der Waals surface area contributed by atoms with E-state index in [2.05, 4.69) is 9.97 Å². The van der Waals surface area contributed by atoms with E-state index < -0.39 is 4.92 Å². The fourth-order valence-electron chi connectivity index (χ4n) is 1.22. The minimum absolute atomic E-state index is 0.0778. The van der Waals surface area contributed by atoms with Crippen molar-refractivity contribution in [1.29, 1.82) is 0 Å². The maximum atomic E-state index is 11.3. The number of nitro groups is 1. The molecule has 90 valence electrons. The predicted molar refractivity (Wildman–Crippen MR) is 65.4 cm³/mol. The molecule has 0 bridgehead atoms. The molecule has 1 aromatic carbocycles. The van der Waals surface area contributed by atoms with Crippen molar-refractivity contribution in [3.8, 4) is 0 Å². The van der Waals surface area contributed by atoms with Gasteiger partial charge >= 0.3 is 0 Å². The number of nitrogens with zero attached hydrogens (tertiary/aromatic N) is 2. The first-order chi connectivity index (χ1) is 8.09. The molecular weight excluding hydrogens is 246 g/mol. The summed E-state index contributed by atoms with van der Waals surface area (Å²) in [6.45, 7) is 4.00. The Kier molecular flexibility index (Phi) is 4.17. The molecule has 0 amide bonds. The highest BCUT2D eigenvalue weighted by Crippen LogP contribution is 2.26. The molecule has 0 aliphatic carbocycles. The number of hydrogen-bond acceptors (Lipinski definition) is 4. The second kappa shape index (κ2) is 5.40. The highest BCUT2D eigenvalue weighted by atomic mass is 35.5. The quantitative estimate of drug-likeness (QED) is 0.626. The minimum atomic E-state index is -0.620. The number of rotatable bonds is 1. The van der Waals surface area contributed by atoms with Crippen molar-refractivity contribution in [3.05, 3.63) is 44.0 Å². The van der Waals surface area contributed by atoms with Crippen molar-refractivity contribution in [2.24, 2.45) is 0 Å². The zero-order valence-electron chi connectivity index (χ0n) is 9.23. The molecule has 0 fully saturated rings. The lowest BCUT2D eigenvalue weighted by Crippen LogP contribution is -2.06. The first-order valence-electron chi connectivity index (χ1n) is 4.91. The van der Waals surface area contributed by atoms with Gasteiger partial charge in [-0.3, -0.25) is 14.9 Å². The van der Waals surface area contributed by atoms with Gasteiger partial charge in [-0.25, -0.2) is 4.98 Å². The lowest BCUT2D eigenvalue weighted by atomic mass is 10.2. The normalized spacial score (nSPS) is 9.59. The fraction of sp³-hybridized carbons (Fsp3) is 0.200. The summed E-state index contributed by atoms with van der Waals surface area (Å²) in [4.78, 5) is 27.4. The smallest absolute Gasteiger partial charge is 0.290 e. The van der Waals surface area contributed by atoms with Crippen LogP contribution < -0.4 is 5.56 Å². The number of H-pyrrole nitrogens is 1. The van der Waals surface area contributed by atoms with E-state index in [9.17, 15) is 14.9 Å². The summed E-state index contributed by atoms with van der Waals surface area (Å²) in [5.41, 5.74) is -0.395. The summed E-state index contributed by atoms with van der Waals surface area (Å²) in [6.07, 6.45) is 1.18. The van der Waals surface area contributed by atoms with Crippen LogP contribution in [0.5, 0.6) is 0 Å². The van der Waals surface area contributed by atoms with Gasteiger partial charge in [0, 0.05) is 6.07 Å². The molecule has 2 rings (SSSR count). The molecule has 0 unspecified atom stereocenters. The number of aromatic nitrogens is 2. The van der Waals surface area contributed by atoms with Gasteiger partial charge < -0.3 is 4.98 Å². The SMILES string of the molecule is CC.O=c1[nH]cnc2cc([N+](=O)[O-])c(Cl)cc12. The fourth-order valence-corrected chi connectivity index (χ4v) is 1.45. The maximum Gasteiger partial charge on any atom is 0.290 e. The number of halogens is 1. The summed E-state index contributed by atoms with van der Waals surface area (Å²) in [6, 6.07) is 2.41. The van der Waals surface area contributed by atoms with E-state index >= 15 is 0 Å². The van der Waals surface area contributed by atoms with E-state index in [1.807, 2.05) is 13.8 Å². The van der Waals surface area contributed by atoms with E-state index in [1.165, 1.54) is 18.5 Å². The van der Waals surface area contributed by atoms with Crippen molar-refractivity contribution < 1.29 is 4.92 Å². The van der Waals surface area contributed by atoms with Crippen LogP contribution in [0.4, 0.5) is 5.69 Å². The molecule has 0 saturated heterocycles. The Morgan fingerprint density at radius 3 is 2.65 bits per heavy atom. The Hall–Kier alpha value is -1.95. The van der Waals surface area contributed by atoms with E-state index in [4.69, 9.17) is 11.6 Å². The molecule has 17 heavy (non-hydrogen) atoms. The molecule has 0 aliphatic heterocycles. The molecule has 0 radical (unpaired) electrons. The van der Waals surface area contributed by atoms with E-state index in [0.717, 1.165) is 0 Å². The van der Waals surface area contributed by atoms with Crippen LogP contribution >= 0.6 is 11.6 Å². The lowest BCUT2D eigenvalue weighted by molar-refractivity contribution is -0.384. The van der Waals surface area contributed by atoms with Gasteiger partial charge in [0.25, 0.3) is 11.2 Å². The van der Waals surface area contributed by atoms with Gasteiger partial charge in [0.1, 0.15) is 5.02 Å². The van der Waals surface area contributed by atoms with Crippen LogP contribution in [-0.4, -0.2) is 14.9 Å². The summed E-state index contributed by atoms with van der Waals surface area (Å²) >= 11 is 5.65. The Morgan fingerprint density at radius 1 is 1.41 bits per heavy atom. The average Bonchev–Trinajstić information content (AvgIpc) is 2.32. The first kappa shape index (κ1) is 13.1. The third-order valence-electron chi connectivity index (χ3n) is 1.91. The average molecular weight is 256 g/mol. The largest absolute Gasteiger partial charge is 0.313 e. The topological polar surface area (TPSA) is 88.9 Å². The third kappa shape index (κ3) is 2.59. The molecule has 6 nitrogen and oxygen atoms in total. The molecule has 0 spiro atoms. The van der Waals surface area contributed by atoms with Crippen LogP contribution in [0.15, 0.2) is 23.3 Å². The summed E-state index contributed by atoms with van der Waals surface area (Å²) in [5.74, 6) is 0. The highest BCUT2D eigenvalue weighted by molar-refractivity contribution is 6.33. The van der Waals surface area contributed by atoms with Gasteiger partial charge in [-0.2, -0.15) is 0 Å². The van der Waals surface area contributed by atoms with E-state index in [1.54, 1.807) is 0 Å². The number of fused-ring (bicyclic) bond motifs is 1. The van der Waals surface area contributed by atoms with Gasteiger partial charge in [-0.15, -0.1) is 0 Å².